The highest BCUT2D eigenvalue weighted by atomic mass is 35.5. The van der Waals surface area contributed by atoms with Crippen molar-refractivity contribution in [1.82, 2.24) is 4.98 Å². The van der Waals surface area contributed by atoms with Crippen LogP contribution in [0.25, 0.3) is 11.0 Å². The second kappa shape index (κ2) is 7.58. The average molecular weight is 373 g/mol. The van der Waals surface area contributed by atoms with Crippen LogP contribution in [0, 0.1) is 6.92 Å². The number of rotatable bonds is 5. The van der Waals surface area contributed by atoms with Crippen molar-refractivity contribution < 1.29 is 13.9 Å². The molecule has 0 radical (unpaired) electrons. The summed E-state index contributed by atoms with van der Waals surface area (Å²) in [5.74, 6) is 0.782. The molecule has 0 aliphatic heterocycles. The number of nitrogens with zero attached hydrogens (tertiary/aromatic N) is 1. The van der Waals surface area contributed by atoms with Crippen molar-refractivity contribution >= 4 is 34.3 Å². The van der Waals surface area contributed by atoms with Gasteiger partial charge in [-0.05, 0) is 43.2 Å². The van der Waals surface area contributed by atoms with Crippen molar-refractivity contribution in [3.63, 3.8) is 0 Å². The van der Waals surface area contributed by atoms with Crippen LogP contribution in [0.1, 0.15) is 17.5 Å². The molecule has 3 rings (SSSR count). The van der Waals surface area contributed by atoms with E-state index in [1.165, 1.54) is 6.20 Å². The number of hydrogen-bond acceptors (Lipinski definition) is 5. The second-order valence-electron chi connectivity index (χ2n) is 5.76. The first kappa shape index (κ1) is 17.9. The molecule has 6 nitrogen and oxygen atoms in total. The maximum atomic E-state index is 12.3. The number of amides is 1. The van der Waals surface area contributed by atoms with Gasteiger partial charge in [-0.2, -0.15) is 0 Å². The number of anilines is 1. The van der Waals surface area contributed by atoms with Gasteiger partial charge in [0.1, 0.15) is 17.2 Å². The number of carbonyl (C=O) groups excluding carboxylic acids is 1. The van der Waals surface area contributed by atoms with Crippen molar-refractivity contribution in [2.24, 2.45) is 0 Å². The van der Waals surface area contributed by atoms with Crippen molar-refractivity contribution in [3.05, 3.63) is 63.1 Å². The Morgan fingerprint density at radius 1 is 1.31 bits per heavy atom. The van der Waals surface area contributed by atoms with Crippen LogP contribution in [-0.4, -0.2) is 18.0 Å². The summed E-state index contributed by atoms with van der Waals surface area (Å²) in [6, 6.07) is 8.57. The van der Waals surface area contributed by atoms with Crippen LogP contribution < -0.4 is 15.7 Å². The Labute approximate surface area is 154 Å². The Kier molecular flexibility index (Phi) is 5.23. The summed E-state index contributed by atoms with van der Waals surface area (Å²) >= 11 is 5.76. The molecule has 0 saturated heterocycles. The summed E-state index contributed by atoms with van der Waals surface area (Å²) < 4.78 is 10.5. The largest absolute Gasteiger partial charge is 0.497 e. The maximum Gasteiger partial charge on any atom is 0.339 e. The van der Waals surface area contributed by atoms with Gasteiger partial charge in [-0.1, -0.05) is 11.6 Å². The van der Waals surface area contributed by atoms with E-state index in [9.17, 15) is 9.59 Å². The van der Waals surface area contributed by atoms with E-state index in [0.717, 1.165) is 10.9 Å². The van der Waals surface area contributed by atoms with Crippen LogP contribution in [0.5, 0.6) is 5.75 Å². The van der Waals surface area contributed by atoms with Crippen LogP contribution in [0.15, 0.2) is 45.7 Å². The van der Waals surface area contributed by atoms with Crippen molar-refractivity contribution in [2.75, 3.05) is 12.4 Å². The smallest absolute Gasteiger partial charge is 0.339 e. The van der Waals surface area contributed by atoms with Crippen LogP contribution in [0.2, 0.25) is 5.02 Å². The van der Waals surface area contributed by atoms with Gasteiger partial charge in [0.05, 0.1) is 12.1 Å². The fraction of sp³-hybridized carbons (Fsp3) is 0.211. The third-order valence-electron chi connectivity index (χ3n) is 4.09. The Balaban J connectivity index is 1.77. The lowest BCUT2D eigenvalue weighted by Gasteiger charge is -2.09. The van der Waals surface area contributed by atoms with Crippen molar-refractivity contribution in [3.8, 4) is 5.75 Å². The first-order chi connectivity index (χ1) is 12.5. The van der Waals surface area contributed by atoms with Crippen LogP contribution in [0.3, 0.4) is 0 Å². The monoisotopic (exact) mass is 372 g/mol. The van der Waals surface area contributed by atoms with Crippen molar-refractivity contribution in [1.29, 1.82) is 0 Å². The van der Waals surface area contributed by atoms with Crippen molar-refractivity contribution in [2.45, 2.75) is 19.8 Å². The topological polar surface area (TPSA) is 81.4 Å². The minimum Gasteiger partial charge on any atom is -0.497 e. The van der Waals surface area contributed by atoms with Gasteiger partial charge in [-0.25, -0.2) is 9.78 Å². The van der Waals surface area contributed by atoms with E-state index in [0.29, 0.717) is 27.7 Å². The number of carbonyl (C=O) groups is 1. The highest BCUT2D eigenvalue weighted by Gasteiger charge is 2.14. The Bertz CT molecular complexity index is 1010. The van der Waals surface area contributed by atoms with E-state index < -0.39 is 5.63 Å². The lowest BCUT2D eigenvalue weighted by Crippen LogP contribution is -2.17. The standard InChI is InChI=1S/C19H17ClN2O4/c1-11-14-5-4-13(25-2)9-16(14)26-19(24)15(11)6-8-18(23)22-17-7-3-12(20)10-21-17/h3-5,7,9-10H,6,8H2,1-2H3,(H,21,22,23). The summed E-state index contributed by atoms with van der Waals surface area (Å²) in [4.78, 5) is 28.4. The molecule has 0 fully saturated rings. The predicted octanol–water partition coefficient (Wildman–Crippen LogP) is 3.73. The summed E-state index contributed by atoms with van der Waals surface area (Å²) in [5, 5.41) is 3.98. The molecule has 26 heavy (non-hydrogen) atoms. The fourth-order valence-corrected chi connectivity index (χ4v) is 2.80. The Morgan fingerprint density at radius 2 is 2.12 bits per heavy atom. The van der Waals surface area contributed by atoms with Gasteiger partial charge in [0.2, 0.25) is 5.91 Å². The molecule has 0 atom stereocenters. The highest BCUT2D eigenvalue weighted by molar-refractivity contribution is 6.30. The molecule has 1 amide bonds. The molecule has 0 saturated carbocycles. The number of benzene rings is 1. The molecule has 0 spiro atoms. The van der Waals surface area contributed by atoms with Crippen LogP contribution >= 0.6 is 11.6 Å². The molecule has 2 heterocycles. The first-order valence-corrected chi connectivity index (χ1v) is 8.37. The normalized spacial score (nSPS) is 10.7. The van der Waals surface area contributed by atoms with E-state index in [-0.39, 0.29) is 18.7 Å². The minimum atomic E-state index is -0.444. The summed E-state index contributed by atoms with van der Waals surface area (Å²) in [6.45, 7) is 1.85. The second-order valence-corrected chi connectivity index (χ2v) is 6.20. The molecular formula is C19H17ClN2O4. The zero-order valence-corrected chi connectivity index (χ0v) is 15.1. The van der Waals surface area contributed by atoms with E-state index in [1.807, 2.05) is 13.0 Å². The van der Waals surface area contributed by atoms with Crippen LogP contribution in [-0.2, 0) is 11.2 Å². The van der Waals surface area contributed by atoms with Gasteiger partial charge in [0, 0.05) is 29.6 Å². The van der Waals surface area contributed by atoms with Gasteiger partial charge in [-0.15, -0.1) is 0 Å². The molecule has 1 N–H and O–H groups in total. The number of nitrogens with one attached hydrogen (secondary N) is 1. The number of hydrogen-bond donors (Lipinski definition) is 1. The van der Waals surface area contributed by atoms with E-state index in [1.54, 1.807) is 31.4 Å². The SMILES string of the molecule is COc1ccc2c(C)c(CCC(=O)Nc3ccc(Cl)cn3)c(=O)oc2c1. The molecule has 0 aliphatic rings. The zero-order valence-electron chi connectivity index (χ0n) is 14.3. The summed E-state index contributed by atoms with van der Waals surface area (Å²) in [5.41, 5.74) is 1.31. The lowest BCUT2D eigenvalue weighted by atomic mass is 10.0. The molecule has 1 aromatic carbocycles. The number of ether oxygens (including phenoxy) is 1. The predicted molar refractivity (Wildman–Crippen MR) is 100.0 cm³/mol. The Hall–Kier alpha value is -2.86. The first-order valence-electron chi connectivity index (χ1n) is 7.99. The Morgan fingerprint density at radius 3 is 2.81 bits per heavy atom. The van der Waals surface area contributed by atoms with Gasteiger partial charge in [0.15, 0.2) is 0 Å². The van der Waals surface area contributed by atoms with Crippen LogP contribution in [0.4, 0.5) is 5.82 Å². The van der Waals surface area contributed by atoms with Gasteiger partial charge < -0.3 is 14.5 Å². The van der Waals surface area contributed by atoms with E-state index in [4.69, 9.17) is 20.8 Å². The van der Waals surface area contributed by atoms with Gasteiger partial charge >= 0.3 is 5.63 Å². The molecule has 0 unspecified atom stereocenters. The molecular weight excluding hydrogens is 356 g/mol. The maximum absolute atomic E-state index is 12.3. The molecule has 0 bridgehead atoms. The molecule has 3 aromatic rings. The zero-order chi connectivity index (χ0) is 18.7. The number of methoxy groups -OCH3 is 1. The quantitative estimate of drug-likeness (QED) is 0.690. The molecule has 134 valence electrons. The molecule has 0 aliphatic carbocycles. The number of halogens is 1. The fourth-order valence-electron chi connectivity index (χ4n) is 2.68. The lowest BCUT2D eigenvalue weighted by molar-refractivity contribution is -0.116. The third-order valence-corrected chi connectivity index (χ3v) is 4.32. The molecule has 2 aromatic heterocycles. The summed E-state index contributed by atoms with van der Waals surface area (Å²) in [7, 11) is 1.55. The highest BCUT2D eigenvalue weighted by Crippen LogP contribution is 2.24. The minimum absolute atomic E-state index is 0.136. The average Bonchev–Trinajstić information content (AvgIpc) is 2.63. The number of aromatic nitrogens is 1. The summed E-state index contributed by atoms with van der Waals surface area (Å²) in [6.07, 6.45) is 1.86. The number of pyridine rings is 1. The van der Waals surface area contributed by atoms with E-state index >= 15 is 0 Å². The van der Waals surface area contributed by atoms with Gasteiger partial charge in [0.25, 0.3) is 0 Å². The molecule has 7 heteroatoms. The van der Waals surface area contributed by atoms with Gasteiger partial charge in [-0.3, -0.25) is 4.79 Å². The number of fused-ring (bicyclic) bond motifs is 1. The van der Waals surface area contributed by atoms with E-state index in [2.05, 4.69) is 10.3 Å². The third kappa shape index (κ3) is 3.86. The number of aryl methyl sites for hydroxylation is 1.